The van der Waals surface area contributed by atoms with E-state index in [2.05, 4.69) is 19.2 Å². The van der Waals surface area contributed by atoms with E-state index in [1.165, 1.54) is 0 Å². The van der Waals surface area contributed by atoms with Gasteiger partial charge in [-0.3, -0.25) is 9.59 Å². The number of carboxylic acid groups (broad SMARTS) is 1. The smallest absolute Gasteiger partial charge is 0.310 e. The molecule has 19 heavy (non-hydrogen) atoms. The number of hydrogen-bond donors (Lipinski definition) is 2. The van der Waals surface area contributed by atoms with Crippen molar-refractivity contribution in [2.45, 2.75) is 65.8 Å². The number of carbonyl (C=O) groups excluding carboxylic acids is 1. The summed E-state index contributed by atoms with van der Waals surface area (Å²) in [7, 11) is 0. The zero-order valence-electron chi connectivity index (χ0n) is 12.5. The molecule has 3 atom stereocenters. The monoisotopic (exact) mass is 269 g/mol. The second-order valence-corrected chi connectivity index (χ2v) is 6.06. The normalized spacial score (nSPS) is 27.3. The summed E-state index contributed by atoms with van der Waals surface area (Å²) >= 11 is 0. The molecule has 0 aliphatic heterocycles. The highest BCUT2D eigenvalue weighted by atomic mass is 16.4. The van der Waals surface area contributed by atoms with Crippen LogP contribution in [0.3, 0.4) is 0 Å². The number of hydrogen-bond acceptors (Lipinski definition) is 2. The first-order chi connectivity index (χ1) is 8.86. The van der Waals surface area contributed by atoms with Gasteiger partial charge in [-0.15, -0.1) is 0 Å². The van der Waals surface area contributed by atoms with E-state index in [1.54, 1.807) is 0 Å². The van der Waals surface area contributed by atoms with Crippen LogP contribution in [-0.2, 0) is 9.59 Å². The summed E-state index contributed by atoms with van der Waals surface area (Å²) in [6.07, 6.45) is 3.21. The summed E-state index contributed by atoms with van der Waals surface area (Å²) < 4.78 is 0. The quantitative estimate of drug-likeness (QED) is 0.779. The maximum Gasteiger partial charge on any atom is 0.310 e. The summed E-state index contributed by atoms with van der Waals surface area (Å²) in [5.74, 6) is 0.135. The molecule has 110 valence electrons. The van der Waals surface area contributed by atoms with Crippen LogP contribution < -0.4 is 5.32 Å². The fourth-order valence-corrected chi connectivity index (χ4v) is 3.01. The molecule has 0 aromatic heterocycles. The Kier molecular flexibility index (Phi) is 5.39. The maximum absolute atomic E-state index is 12.1. The number of nitrogens with one attached hydrogen (secondary N) is 1. The van der Waals surface area contributed by atoms with E-state index in [-0.39, 0.29) is 18.4 Å². The summed E-state index contributed by atoms with van der Waals surface area (Å²) in [6.45, 7) is 8.04. The van der Waals surface area contributed by atoms with E-state index in [9.17, 15) is 14.7 Å². The van der Waals surface area contributed by atoms with Crippen LogP contribution in [0, 0.1) is 17.3 Å². The van der Waals surface area contributed by atoms with E-state index < -0.39 is 11.4 Å². The van der Waals surface area contributed by atoms with Gasteiger partial charge in [0.05, 0.1) is 5.41 Å². The third-order valence-corrected chi connectivity index (χ3v) is 5.12. The zero-order valence-corrected chi connectivity index (χ0v) is 12.5. The van der Waals surface area contributed by atoms with Gasteiger partial charge in [-0.2, -0.15) is 0 Å². The predicted molar refractivity (Wildman–Crippen MR) is 74.8 cm³/mol. The highest BCUT2D eigenvalue weighted by Crippen LogP contribution is 2.33. The van der Waals surface area contributed by atoms with Crippen molar-refractivity contribution in [2.24, 2.45) is 17.3 Å². The molecular formula is C15H27NO3. The molecule has 1 rings (SSSR count). The second kappa shape index (κ2) is 6.40. The number of carbonyl (C=O) groups is 2. The van der Waals surface area contributed by atoms with Gasteiger partial charge in [0.2, 0.25) is 5.91 Å². The standard InChI is InChI=1S/C15H27NO3/c1-5-15(6-2,14(18)19)9-13(17)16-12-8-7-10(3)11(12)4/h10-12H,5-9H2,1-4H3,(H,16,17)(H,18,19). The summed E-state index contributed by atoms with van der Waals surface area (Å²) in [5, 5.41) is 12.4. The van der Waals surface area contributed by atoms with Crippen LogP contribution in [0.25, 0.3) is 0 Å². The van der Waals surface area contributed by atoms with Gasteiger partial charge in [0.15, 0.2) is 0 Å². The van der Waals surface area contributed by atoms with E-state index in [4.69, 9.17) is 0 Å². The van der Waals surface area contributed by atoms with Crippen LogP contribution >= 0.6 is 0 Å². The van der Waals surface area contributed by atoms with Gasteiger partial charge >= 0.3 is 5.97 Å². The van der Waals surface area contributed by atoms with Gasteiger partial charge in [0, 0.05) is 12.5 Å². The minimum atomic E-state index is -0.905. The van der Waals surface area contributed by atoms with E-state index in [1.807, 2.05) is 13.8 Å². The Bertz CT molecular complexity index is 336. The zero-order chi connectivity index (χ0) is 14.6. The topological polar surface area (TPSA) is 66.4 Å². The molecule has 0 heterocycles. The number of amides is 1. The third kappa shape index (κ3) is 3.48. The molecule has 0 bridgehead atoms. The molecule has 2 N–H and O–H groups in total. The molecule has 0 saturated heterocycles. The second-order valence-electron chi connectivity index (χ2n) is 6.06. The van der Waals surface area contributed by atoms with E-state index in [0.29, 0.717) is 24.7 Å². The van der Waals surface area contributed by atoms with Crippen molar-refractivity contribution in [2.75, 3.05) is 0 Å². The van der Waals surface area contributed by atoms with Crippen LogP contribution in [0.2, 0.25) is 0 Å². The molecule has 0 aromatic carbocycles. The van der Waals surface area contributed by atoms with Gasteiger partial charge in [-0.05, 0) is 37.5 Å². The van der Waals surface area contributed by atoms with Crippen molar-refractivity contribution in [1.29, 1.82) is 0 Å². The van der Waals surface area contributed by atoms with Crippen molar-refractivity contribution >= 4 is 11.9 Å². The first-order valence-electron chi connectivity index (χ1n) is 7.39. The maximum atomic E-state index is 12.1. The Morgan fingerprint density at radius 1 is 1.21 bits per heavy atom. The SMILES string of the molecule is CCC(CC)(CC(=O)NC1CCC(C)C1C)C(=O)O. The number of aliphatic carboxylic acids is 1. The summed E-state index contributed by atoms with van der Waals surface area (Å²) in [4.78, 5) is 23.5. The largest absolute Gasteiger partial charge is 0.481 e. The van der Waals surface area contributed by atoms with Crippen molar-refractivity contribution in [3.8, 4) is 0 Å². The van der Waals surface area contributed by atoms with Gasteiger partial charge in [0.1, 0.15) is 0 Å². The van der Waals surface area contributed by atoms with E-state index >= 15 is 0 Å². The van der Waals surface area contributed by atoms with Crippen LogP contribution in [0.5, 0.6) is 0 Å². The Hall–Kier alpha value is -1.06. The highest BCUT2D eigenvalue weighted by Gasteiger charge is 2.38. The van der Waals surface area contributed by atoms with Crippen molar-refractivity contribution in [1.82, 2.24) is 5.32 Å². The Labute approximate surface area is 116 Å². The Morgan fingerprint density at radius 3 is 2.16 bits per heavy atom. The first kappa shape index (κ1) is 16.0. The molecular weight excluding hydrogens is 242 g/mol. The lowest BCUT2D eigenvalue weighted by molar-refractivity contribution is -0.152. The highest BCUT2D eigenvalue weighted by molar-refractivity contribution is 5.85. The average molecular weight is 269 g/mol. The fourth-order valence-electron chi connectivity index (χ4n) is 3.01. The molecule has 4 nitrogen and oxygen atoms in total. The summed E-state index contributed by atoms with van der Waals surface area (Å²) in [5.41, 5.74) is -0.905. The predicted octanol–water partition coefficient (Wildman–Crippen LogP) is 2.82. The first-order valence-corrected chi connectivity index (χ1v) is 7.39. The van der Waals surface area contributed by atoms with Gasteiger partial charge < -0.3 is 10.4 Å². The third-order valence-electron chi connectivity index (χ3n) is 5.12. The number of rotatable bonds is 6. The number of carboxylic acids is 1. The van der Waals surface area contributed by atoms with Gasteiger partial charge in [0.25, 0.3) is 0 Å². The van der Waals surface area contributed by atoms with Gasteiger partial charge in [-0.1, -0.05) is 27.7 Å². The van der Waals surface area contributed by atoms with Crippen LogP contribution in [-0.4, -0.2) is 23.0 Å². The molecule has 0 radical (unpaired) electrons. The van der Waals surface area contributed by atoms with Crippen molar-refractivity contribution in [3.05, 3.63) is 0 Å². The molecule has 3 unspecified atom stereocenters. The van der Waals surface area contributed by atoms with Crippen molar-refractivity contribution < 1.29 is 14.7 Å². The lowest BCUT2D eigenvalue weighted by Crippen LogP contribution is -2.42. The lowest BCUT2D eigenvalue weighted by atomic mass is 9.79. The minimum absolute atomic E-state index is 0.0902. The molecule has 1 aliphatic rings. The molecule has 1 saturated carbocycles. The minimum Gasteiger partial charge on any atom is -0.481 e. The van der Waals surface area contributed by atoms with Gasteiger partial charge in [-0.25, -0.2) is 0 Å². The molecule has 1 aliphatic carbocycles. The Morgan fingerprint density at radius 2 is 1.79 bits per heavy atom. The van der Waals surface area contributed by atoms with Crippen molar-refractivity contribution in [3.63, 3.8) is 0 Å². The van der Waals surface area contributed by atoms with Crippen LogP contribution in [0.15, 0.2) is 0 Å². The molecule has 1 amide bonds. The van der Waals surface area contributed by atoms with Crippen LogP contribution in [0.4, 0.5) is 0 Å². The van der Waals surface area contributed by atoms with Crippen LogP contribution in [0.1, 0.15) is 59.8 Å². The lowest BCUT2D eigenvalue weighted by Gasteiger charge is -2.27. The Balaban J connectivity index is 2.61. The average Bonchev–Trinajstić information content (AvgIpc) is 2.67. The summed E-state index contributed by atoms with van der Waals surface area (Å²) in [6, 6.07) is 0.211. The fraction of sp³-hybridized carbons (Fsp3) is 0.867. The van der Waals surface area contributed by atoms with E-state index in [0.717, 1.165) is 12.8 Å². The molecule has 0 spiro atoms. The molecule has 1 fully saturated rings. The molecule has 0 aromatic rings. The molecule has 4 heteroatoms.